The van der Waals surface area contributed by atoms with Crippen LogP contribution in [0.5, 0.6) is 11.5 Å². The molecule has 2 aromatic heterocycles. The monoisotopic (exact) mass is 552 g/mol. The van der Waals surface area contributed by atoms with Crippen molar-refractivity contribution in [2.24, 2.45) is 5.10 Å². The van der Waals surface area contributed by atoms with Crippen molar-refractivity contribution < 1.29 is 14.3 Å². The number of hydrazone groups is 1. The van der Waals surface area contributed by atoms with Crippen molar-refractivity contribution >= 4 is 33.7 Å². The van der Waals surface area contributed by atoms with Crippen molar-refractivity contribution in [1.29, 1.82) is 0 Å². The number of methoxy groups -OCH3 is 1. The van der Waals surface area contributed by atoms with Gasteiger partial charge in [-0.2, -0.15) is 5.10 Å². The lowest BCUT2D eigenvalue weighted by Crippen LogP contribution is -2.30. The number of hydrogen-bond acceptors (Lipinski definition) is 7. The van der Waals surface area contributed by atoms with Crippen molar-refractivity contribution in [3.05, 3.63) is 112 Å². The van der Waals surface area contributed by atoms with E-state index in [0.29, 0.717) is 33.9 Å². The van der Waals surface area contributed by atoms with Gasteiger partial charge < -0.3 is 9.47 Å². The number of amides is 1. The van der Waals surface area contributed by atoms with Crippen molar-refractivity contribution in [3.8, 4) is 22.6 Å². The first-order valence-corrected chi connectivity index (χ1v) is 13.6. The first-order chi connectivity index (χ1) is 19.5. The largest absolute Gasteiger partial charge is 0.493 e. The van der Waals surface area contributed by atoms with Gasteiger partial charge in [0, 0.05) is 17.4 Å². The Labute approximate surface area is 235 Å². The molecule has 0 saturated carbocycles. The maximum absolute atomic E-state index is 13.2. The molecule has 0 aliphatic carbocycles. The molecule has 0 spiro atoms. The van der Waals surface area contributed by atoms with Crippen LogP contribution in [-0.4, -0.2) is 35.4 Å². The van der Waals surface area contributed by atoms with Gasteiger partial charge in [0.25, 0.3) is 11.5 Å². The standard InChI is InChI=1S/C31H28N4O4S/c1-21-8-11-24(12-9-21)25-19-40-30-29(25)31(37)35(20-32-30)18-28(36)34-33-17-23-10-13-26(27(16-23)38-2)39-15-14-22-6-4-3-5-7-22/h3-13,16-17,19-20H,14-15,18H2,1-2H3,(H,34,36)/b33-17+. The molecule has 0 unspecified atom stereocenters. The van der Waals surface area contributed by atoms with Gasteiger partial charge in [-0.15, -0.1) is 11.3 Å². The third-order valence-electron chi connectivity index (χ3n) is 6.32. The normalized spacial score (nSPS) is 11.2. The Morgan fingerprint density at radius 3 is 2.65 bits per heavy atom. The molecule has 3 aromatic carbocycles. The van der Waals surface area contributed by atoms with Gasteiger partial charge in [0.2, 0.25) is 0 Å². The fourth-order valence-corrected chi connectivity index (χ4v) is 5.11. The van der Waals surface area contributed by atoms with E-state index in [0.717, 1.165) is 23.1 Å². The first kappa shape index (κ1) is 26.8. The quantitative estimate of drug-likeness (QED) is 0.190. The van der Waals surface area contributed by atoms with Crippen LogP contribution in [0.2, 0.25) is 0 Å². The molecule has 0 atom stereocenters. The second kappa shape index (κ2) is 12.4. The molecular weight excluding hydrogens is 524 g/mol. The number of aromatic nitrogens is 2. The highest BCUT2D eigenvalue weighted by atomic mass is 32.1. The van der Waals surface area contributed by atoms with E-state index in [1.165, 1.54) is 34.0 Å². The molecule has 0 fully saturated rings. The molecule has 40 heavy (non-hydrogen) atoms. The molecule has 1 N–H and O–H groups in total. The number of aryl methyl sites for hydroxylation is 1. The van der Waals surface area contributed by atoms with Crippen LogP contribution in [-0.2, 0) is 17.8 Å². The predicted octanol–water partition coefficient (Wildman–Crippen LogP) is 5.21. The van der Waals surface area contributed by atoms with Gasteiger partial charge in [-0.1, -0.05) is 60.2 Å². The summed E-state index contributed by atoms with van der Waals surface area (Å²) in [6.45, 7) is 2.32. The van der Waals surface area contributed by atoms with Crippen LogP contribution in [0.1, 0.15) is 16.7 Å². The molecule has 8 nitrogen and oxygen atoms in total. The lowest BCUT2D eigenvalue weighted by molar-refractivity contribution is -0.121. The summed E-state index contributed by atoms with van der Waals surface area (Å²) >= 11 is 1.41. The maximum Gasteiger partial charge on any atom is 0.263 e. The zero-order valence-corrected chi connectivity index (χ0v) is 23.0. The molecule has 0 aliphatic heterocycles. The molecule has 5 rings (SSSR count). The van der Waals surface area contributed by atoms with Crippen LogP contribution in [0.3, 0.4) is 0 Å². The second-order valence-electron chi connectivity index (χ2n) is 9.16. The molecule has 2 heterocycles. The highest BCUT2D eigenvalue weighted by Gasteiger charge is 2.14. The molecule has 9 heteroatoms. The van der Waals surface area contributed by atoms with E-state index in [1.807, 2.05) is 60.8 Å². The summed E-state index contributed by atoms with van der Waals surface area (Å²) in [5, 5.41) is 6.47. The van der Waals surface area contributed by atoms with Crippen molar-refractivity contribution in [3.63, 3.8) is 0 Å². The van der Waals surface area contributed by atoms with Crippen LogP contribution in [0.25, 0.3) is 21.3 Å². The molecule has 0 aliphatic rings. The minimum Gasteiger partial charge on any atom is -0.493 e. The van der Waals surface area contributed by atoms with Crippen LogP contribution in [0, 0.1) is 6.92 Å². The van der Waals surface area contributed by atoms with Gasteiger partial charge in [-0.05, 0) is 41.8 Å². The number of hydrogen-bond donors (Lipinski definition) is 1. The van der Waals surface area contributed by atoms with Gasteiger partial charge in [-0.3, -0.25) is 14.2 Å². The molecule has 5 aromatic rings. The predicted molar refractivity (Wildman–Crippen MR) is 158 cm³/mol. The third kappa shape index (κ3) is 6.27. The zero-order valence-electron chi connectivity index (χ0n) is 22.2. The van der Waals surface area contributed by atoms with E-state index in [9.17, 15) is 9.59 Å². The second-order valence-corrected chi connectivity index (χ2v) is 10.0. The molecule has 0 bridgehead atoms. The maximum atomic E-state index is 13.2. The number of fused-ring (bicyclic) bond motifs is 1. The SMILES string of the molecule is COc1cc(/C=N/NC(=O)Cn2cnc3scc(-c4ccc(C)cc4)c3c2=O)ccc1OCCc1ccccc1. The number of rotatable bonds is 10. The lowest BCUT2D eigenvalue weighted by Gasteiger charge is -2.11. The third-order valence-corrected chi connectivity index (χ3v) is 7.21. The summed E-state index contributed by atoms with van der Waals surface area (Å²) in [5.74, 6) is 0.745. The summed E-state index contributed by atoms with van der Waals surface area (Å²) in [6, 6.07) is 23.5. The minimum absolute atomic E-state index is 0.209. The van der Waals surface area contributed by atoms with Crippen molar-refractivity contribution in [2.75, 3.05) is 13.7 Å². The Bertz CT molecular complexity index is 1710. The molecule has 1 amide bonds. The van der Waals surface area contributed by atoms with Crippen molar-refractivity contribution in [2.45, 2.75) is 19.9 Å². The summed E-state index contributed by atoms with van der Waals surface area (Å²) in [6.07, 6.45) is 3.68. The summed E-state index contributed by atoms with van der Waals surface area (Å²) in [4.78, 5) is 30.8. The Hall–Kier alpha value is -4.76. The Morgan fingerprint density at radius 1 is 1.07 bits per heavy atom. The molecular formula is C31H28N4O4S. The van der Waals surface area contributed by atoms with E-state index in [1.54, 1.807) is 19.2 Å². The van der Waals surface area contributed by atoms with Gasteiger partial charge in [-0.25, -0.2) is 10.4 Å². The van der Waals surface area contributed by atoms with Crippen LogP contribution < -0.4 is 20.5 Å². The molecule has 0 saturated heterocycles. The van der Waals surface area contributed by atoms with Crippen molar-refractivity contribution in [1.82, 2.24) is 15.0 Å². The summed E-state index contributed by atoms with van der Waals surface area (Å²) in [5.41, 5.74) is 7.01. The molecule has 202 valence electrons. The lowest BCUT2D eigenvalue weighted by atomic mass is 10.1. The van der Waals surface area contributed by atoms with E-state index in [-0.39, 0.29) is 12.1 Å². The van der Waals surface area contributed by atoms with Gasteiger partial charge >= 0.3 is 0 Å². The fourth-order valence-electron chi connectivity index (χ4n) is 4.20. The Balaban J connectivity index is 1.21. The van der Waals surface area contributed by atoms with E-state index in [4.69, 9.17) is 9.47 Å². The van der Waals surface area contributed by atoms with Crippen LogP contribution in [0.15, 0.2) is 94.4 Å². The van der Waals surface area contributed by atoms with E-state index in [2.05, 4.69) is 27.6 Å². The van der Waals surface area contributed by atoms with Gasteiger partial charge in [0.15, 0.2) is 11.5 Å². The van der Waals surface area contributed by atoms with Gasteiger partial charge in [0.05, 0.1) is 31.6 Å². The smallest absolute Gasteiger partial charge is 0.263 e. The number of carbonyl (C=O) groups is 1. The average molecular weight is 553 g/mol. The number of thiophene rings is 1. The number of ether oxygens (including phenoxy) is 2. The highest BCUT2D eigenvalue weighted by molar-refractivity contribution is 7.17. The number of nitrogens with one attached hydrogen (secondary N) is 1. The molecule has 0 radical (unpaired) electrons. The fraction of sp³-hybridized carbons (Fsp3) is 0.161. The number of nitrogens with zero attached hydrogens (tertiary/aromatic N) is 3. The number of benzene rings is 3. The topological polar surface area (TPSA) is 94.8 Å². The minimum atomic E-state index is -0.445. The Kier molecular flexibility index (Phi) is 8.32. The van der Waals surface area contributed by atoms with Crippen LogP contribution in [0.4, 0.5) is 0 Å². The van der Waals surface area contributed by atoms with E-state index >= 15 is 0 Å². The number of carbonyl (C=O) groups excluding carboxylic acids is 1. The average Bonchev–Trinajstić information content (AvgIpc) is 3.41. The summed E-state index contributed by atoms with van der Waals surface area (Å²) < 4.78 is 12.7. The Morgan fingerprint density at radius 2 is 1.88 bits per heavy atom. The highest BCUT2D eigenvalue weighted by Crippen LogP contribution is 2.31. The van der Waals surface area contributed by atoms with E-state index < -0.39 is 5.91 Å². The van der Waals surface area contributed by atoms with Gasteiger partial charge in [0.1, 0.15) is 11.4 Å². The van der Waals surface area contributed by atoms with Crippen LogP contribution >= 0.6 is 11.3 Å². The summed E-state index contributed by atoms with van der Waals surface area (Å²) in [7, 11) is 1.57. The zero-order chi connectivity index (χ0) is 27.9. The first-order valence-electron chi connectivity index (χ1n) is 12.7.